The highest BCUT2D eigenvalue weighted by molar-refractivity contribution is 9.09. The number of aromatic nitrogens is 2. The average molecular weight is 346 g/mol. The molecule has 0 saturated carbocycles. The monoisotopic (exact) mass is 345 g/mol. The van der Waals surface area contributed by atoms with E-state index in [4.69, 9.17) is 0 Å². The van der Waals surface area contributed by atoms with E-state index >= 15 is 0 Å². The summed E-state index contributed by atoms with van der Waals surface area (Å²) < 4.78 is 3.96. The summed E-state index contributed by atoms with van der Waals surface area (Å²) in [4.78, 5) is 15.5. The molecule has 0 N–H and O–H groups in total. The predicted octanol–water partition coefficient (Wildman–Crippen LogP) is 3.27. The van der Waals surface area contributed by atoms with Crippen LogP contribution in [0.25, 0.3) is 0 Å². The van der Waals surface area contributed by atoms with E-state index in [1.54, 1.807) is 0 Å². The Morgan fingerprint density at radius 3 is 3.11 bits per heavy atom. The van der Waals surface area contributed by atoms with Crippen LogP contribution in [0.5, 0.6) is 0 Å². The van der Waals surface area contributed by atoms with Gasteiger partial charge in [-0.1, -0.05) is 33.8 Å². The van der Waals surface area contributed by atoms with Crippen molar-refractivity contribution in [1.82, 2.24) is 14.5 Å². The van der Waals surface area contributed by atoms with E-state index in [2.05, 4.69) is 32.4 Å². The molecule has 106 valence electrons. The van der Waals surface area contributed by atoms with Crippen LogP contribution in [0.3, 0.4) is 0 Å². The largest absolute Gasteiger partial charge is 0.335 e. The summed E-state index contributed by atoms with van der Waals surface area (Å²) in [5.41, 5.74) is 0.876. The summed E-state index contributed by atoms with van der Waals surface area (Å²) in [5.74, 6) is 0.143. The molecular formula is C13H20BrN3OS. The summed E-state index contributed by atoms with van der Waals surface area (Å²) in [6.07, 6.45) is 6.32. The third-order valence-electron chi connectivity index (χ3n) is 3.57. The Bertz CT molecular complexity index is 422. The third kappa shape index (κ3) is 3.54. The Kier molecular flexibility index (Phi) is 5.76. The smallest absolute Gasteiger partial charge is 0.267 e. The van der Waals surface area contributed by atoms with E-state index in [0.717, 1.165) is 54.6 Å². The van der Waals surface area contributed by atoms with Gasteiger partial charge in [-0.25, -0.2) is 0 Å². The Morgan fingerprint density at radius 2 is 2.37 bits per heavy atom. The molecule has 1 fully saturated rings. The lowest BCUT2D eigenvalue weighted by atomic mass is 9.99. The third-order valence-corrected chi connectivity index (χ3v) is 4.78. The molecule has 1 aromatic heterocycles. The van der Waals surface area contributed by atoms with Crippen molar-refractivity contribution in [2.45, 2.75) is 51.5 Å². The molecule has 0 bridgehead atoms. The second-order valence-corrected chi connectivity index (χ2v) is 6.47. The zero-order valence-electron chi connectivity index (χ0n) is 11.3. The Balaban J connectivity index is 2.14. The van der Waals surface area contributed by atoms with Crippen molar-refractivity contribution in [1.29, 1.82) is 0 Å². The molecule has 0 radical (unpaired) electrons. The minimum Gasteiger partial charge on any atom is -0.335 e. The molecule has 1 aromatic rings. The van der Waals surface area contributed by atoms with Crippen LogP contribution in [0.4, 0.5) is 0 Å². The van der Waals surface area contributed by atoms with Crippen LogP contribution < -0.4 is 0 Å². The van der Waals surface area contributed by atoms with Gasteiger partial charge in [0.1, 0.15) is 4.88 Å². The summed E-state index contributed by atoms with van der Waals surface area (Å²) in [6, 6.07) is 0.372. The lowest BCUT2D eigenvalue weighted by Gasteiger charge is -2.35. The van der Waals surface area contributed by atoms with Gasteiger partial charge in [0.15, 0.2) is 0 Å². The molecule has 4 nitrogen and oxygen atoms in total. The summed E-state index contributed by atoms with van der Waals surface area (Å²) in [7, 11) is 0. The van der Waals surface area contributed by atoms with Crippen molar-refractivity contribution in [3.8, 4) is 0 Å². The molecule has 0 aliphatic carbocycles. The fraction of sp³-hybridized carbons (Fsp3) is 0.769. The molecule has 1 unspecified atom stereocenters. The fourth-order valence-corrected chi connectivity index (χ4v) is 3.79. The number of amides is 1. The molecule has 19 heavy (non-hydrogen) atoms. The van der Waals surface area contributed by atoms with E-state index in [1.165, 1.54) is 18.0 Å². The molecular weight excluding hydrogens is 326 g/mol. The predicted molar refractivity (Wildman–Crippen MR) is 81.0 cm³/mol. The number of aryl methyl sites for hydroxylation is 1. The normalized spacial score (nSPS) is 19.7. The van der Waals surface area contributed by atoms with Gasteiger partial charge in [-0.2, -0.15) is 0 Å². The number of hydrogen-bond acceptors (Lipinski definition) is 4. The molecule has 0 aromatic carbocycles. The number of likely N-dealkylation sites (tertiary alicyclic amines) is 1. The molecule has 6 heteroatoms. The van der Waals surface area contributed by atoms with Gasteiger partial charge < -0.3 is 4.90 Å². The van der Waals surface area contributed by atoms with Crippen LogP contribution in [0.1, 0.15) is 54.4 Å². The number of halogens is 1. The quantitative estimate of drug-likeness (QED) is 0.769. The lowest BCUT2D eigenvalue weighted by molar-refractivity contribution is 0.0613. The number of carbonyl (C=O) groups excluding carboxylic acids is 1. The first-order valence-electron chi connectivity index (χ1n) is 6.96. The minimum absolute atomic E-state index is 0.143. The van der Waals surface area contributed by atoms with Gasteiger partial charge in [0, 0.05) is 17.9 Å². The number of hydrogen-bond donors (Lipinski definition) is 0. The highest BCUT2D eigenvalue weighted by Crippen LogP contribution is 2.24. The van der Waals surface area contributed by atoms with Gasteiger partial charge >= 0.3 is 0 Å². The zero-order valence-corrected chi connectivity index (χ0v) is 13.7. The van der Waals surface area contributed by atoms with E-state index in [-0.39, 0.29) is 5.91 Å². The standard InChI is InChI=1S/C13H20BrN3OS/c1-2-5-11-12(19-16-15-11)13(18)17-9-4-3-6-10(17)7-8-14/h10H,2-9H2,1H3. The molecule has 1 aliphatic heterocycles. The van der Waals surface area contributed by atoms with Gasteiger partial charge in [0.2, 0.25) is 0 Å². The summed E-state index contributed by atoms with van der Waals surface area (Å²) in [5, 5.41) is 5.05. The molecule has 1 amide bonds. The molecule has 1 aliphatic rings. The first kappa shape index (κ1) is 14.9. The molecule has 2 heterocycles. The number of carbonyl (C=O) groups is 1. The topological polar surface area (TPSA) is 46.1 Å². The van der Waals surface area contributed by atoms with Gasteiger partial charge in [0.05, 0.1) is 5.69 Å². The van der Waals surface area contributed by atoms with E-state index in [0.29, 0.717) is 6.04 Å². The van der Waals surface area contributed by atoms with Gasteiger partial charge in [-0.3, -0.25) is 4.79 Å². The van der Waals surface area contributed by atoms with E-state index in [9.17, 15) is 4.79 Å². The molecule has 1 atom stereocenters. The summed E-state index contributed by atoms with van der Waals surface area (Å²) in [6.45, 7) is 2.97. The van der Waals surface area contributed by atoms with Crippen molar-refractivity contribution in [3.63, 3.8) is 0 Å². The molecule has 0 spiro atoms. The maximum Gasteiger partial charge on any atom is 0.267 e. The number of rotatable bonds is 5. The van der Waals surface area contributed by atoms with Crippen molar-refractivity contribution < 1.29 is 4.79 Å². The zero-order chi connectivity index (χ0) is 13.7. The van der Waals surface area contributed by atoms with Crippen molar-refractivity contribution in [2.24, 2.45) is 0 Å². The maximum absolute atomic E-state index is 12.7. The Morgan fingerprint density at radius 1 is 1.53 bits per heavy atom. The Hall–Kier alpha value is -0.490. The van der Waals surface area contributed by atoms with Crippen LogP contribution in [0.15, 0.2) is 0 Å². The second kappa shape index (κ2) is 7.33. The number of piperidine rings is 1. The highest BCUT2D eigenvalue weighted by Gasteiger charge is 2.29. The van der Waals surface area contributed by atoms with Crippen LogP contribution >= 0.6 is 27.5 Å². The Labute approximate surface area is 126 Å². The van der Waals surface area contributed by atoms with Crippen LogP contribution in [-0.4, -0.2) is 38.3 Å². The first-order chi connectivity index (χ1) is 9.27. The highest BCUT2D eigenvalue weighted by atomic mass is 79.9. The van der Waals surface area contributed by atoms with E-state index in [1.807, 2.05) is 4.90 Å². The lowest BCUT2D eigenvalue weighted by Crippen LogP contribution is -2.44. The van der Waals surface area contributed by atoms with Crippen LogP contribution in [0, 0.1) is 0 Å². The first-order valence-corrected chi connectivity index (χ1v) is 8.85. The molecule has 2 rings (SSSR count). The van der Waals surface area contributed by atoms with Crippen LogP contribution in [0.2, 0.25) is 0 Å². The van der Waals surface area contributed by atoms with Gasteiger partial charge in [-0.05, 0) is 43.6 Å². The summed E-state index contributed by atoms with van der Waals surface area (Å²) >= 11 is 4.74. The number of alkyl halides is 1. The SMILES string of the molecule is CCCc1nnsc1C(=O)N1CCCCC1CCBr. The fourth-order valence-electron chi connectivity index (χ4n) is 2.60. The maximum atomic E-state index is 12.7. The number of nitrogens with zero attached hydrogens (tertiary/aromatic N) is 3. The van der Waals surface area contributed by atoms with Crippen molar-refractivity contribution in [2.75, 3.05) is 11.9 Å². The van der Waals surface area contributed by atoms with Crippen molar-refractivity contribution >= 4 is 33.4 Å². The van der Waals surface area contributed by atoms with E-state index < -0.39 is 0 Å². The second-order valence-electron chi connectivity index (χ2n) is 4.92. The average Bonchev–Trinajstić information content (AvgIpc) is 2.88. The molecule has 1 saturated heterocycles. The van der Waals surface area contributed by atoms with Crippen molar-refractivity contribution in [3.05, 3.63) is 10.6 Å². The minimum atomic E-state index is 0.143. The van der Waals surface area contributed by atoms with Crippen LogP contribution in [-0.2, 0) is 6.42 Å². The van der Waals surface area contributed by atoms with Gasteiger partial charge in [-0.15, -0.1) is 5.10 Å². The van der Waals surface area contributed by atoms with Gasteiger partial charge in [0.25, 0.3) is 5.91 Å².